The topological polar surface area (TPSA) is 47.3 Å². The van der Waals surface area contributed by atoms with Crippen molar-refractivity contribution in [3.8, 4) is 0 Å². The van der Waals surface area contributed by atoms with Crippen LogP contribution in [-0.4, -0.2) is 18.8 Å². The fourth-order valence-electron chi connectivity index (χ4n) is 2.97. The van der Waals surface area contributed by atoms with Crippen LogP contribution in [0.1, 0.15) is 31.2 Å². The molecule has 1 unspecified atom stereocenters. The fraction of sp³-hybridized carbons (Fsp3) is 0.571. The van der Waals surface area contributed by atoms with Crippen molar-refractivity contribution in [2.24, 2.45) is 5.84 Å². The third-order valence-electron chi connectivity index (χ3n) is 4.13. The van der Waals surface area contributed by atoms with Crippen LogP contribution < -0.4 is 11.3 Å². The van der Waals surface area contributed by atoms with E-state index in [1.54, 1.807) is 7.11 Å². The summed E-state index contributed by atoms with van der Waals surface area (Å²) in [6.45, 7) is 0. The molecule has 0 spiro atoms. The zero-order valence-electron chi connectivity index (χ0n) is 11.1. The number of nitrogens with two attached hydrogens (primary N) is 1. The number of ether oxygens (including phenoxy) is 1. The number of hydrogen-bond acceptors (Lipinski definition) is 3. The second-order valence-electron chi connectivity index (χ2n) is 5.14. The first-order chi connectivity index (χ1) is 9.11. The maximum absolute atomic E-state index is 6.29. The predicted octanol–water partition coefficient (Wildman–Crippen LogP) is 3.44. The number of nitrogens with one attached hydrogen (secondary N) is 1. The van der Waals surface area contributed by atoms with E-state index in [1.807, 2.05) is 18.2 Å². The van der Waals surface area contributed by atoms with E-state index >= 15 is 0 Å². The number of rotatable bonds is 5. The highest BCUT2D eigenvalue weighted by molar-refractivity contribution is 9.10. The van der Waals surface area contributed by atoms with E-state index in [0.29, 0.717) is 0 Å². The third kappa shape index (κ3) is 3.31. The van der Waals surface area contributed by atoms with E-state index in [4.69, 9.17) is 22.2 Å². The van der Waals surface area contributed by atoms with Crippen LogP contribution in [0.2, 0.25) is 5.02 Å². The average Bonchev–Trinajstić information content (AvgIpc) is 2.88. The molecule has 0 heterocycles. The van der Waals surface area contributed by atoms with Gasteiger partial charge in [0.05, 0.1) is 11.6 Å². The first kappa shape index (κ1) is 15.3. The van der Waals surface area contributed by atoms with Crippen LogP contribution >= 0.6 is 27.5 Å². The largest absolute Gasteiger partial charge is 0.377 e. The van der Waals surface area contributed by atoms with Crippen molar-refractivity contribution in [3.63, 3.8) is 0 Å². The van der Waals surface area contributed by atoms with Crippen molar-refractivity contribution in [2.75, 3.05) is 7.11 Å². The highest BCUT2D eigenvalue weighted by atomic mass is 79.9. The van der Waals surface area contributed by atoms with Crippen LogP contribution in [0.4, 0.5) is 0 Å². The van der Waals surface area contributed by atoms with Gasteiger partial charge in [-0.1, -0.05) is 46.4 Å². The lowest BCUT2D eigenvalue weighted by atomic mass is 9.87. The van der Waals surface area contributed by atoms with Crippen molar-refractivity contribution >= 4 is 27.5 Å². The standard InChI is InChI=1S/C14H20BrClN2O/c1-19-14(6-2-3-7-14)13(18-17)8-10-4-5-11(15)9-12(10)16/h4-5,9,13,18H,2-3,6-8,17H2,1H3. The predicted molar refractivity (Wildman–Crippen MR) is 82.2 cm³/mol. The summed E-state index contributed by atoms with van der Waals surface area (Å²) in [7, 11) is 1.78. The lowest BCUT2D eigenvalue weighted by molar-refractivity contribution is -0.0355. The van der Waals surface area contributed by atoms with Gasteiger partial charge >= 0.3 is 0 Å². The Morgan fingerprint density at radius 1 is 1.47 bits per heavy atom. The van der Waals surface area contributed by atoms with E-state index < -0.39 is 0 Å². The smallest absolute Gasteiger partial charge is 0.0847 e. The molecule has 0 saturated heterocycles. The SMILES string of the molecule is COC1(C(Cc2ccc(Br)cc2Cl)NN)CCCC1. The average molecular weight is 348 g/mol. The highest BCUT2D eigenvalue weighted by Gasteiger charge is 2.41. The summed E-state index contributed by atoms with van der Waals surface area (Å²) in [5.41, 5.74) is 3.86. The molecule has 1 atom stereocenters. The van der Waals surface area contributed by atoms with Crippen molar-refractivity contribution in [3.05, 3.63) is 33.3 Å². The fourth-order valence-corrected chi connectivity index (χ4v) is 3.72. The third-order valence-corrected chi connectivity index (χ3v) is 4.98. The summed E-state index contributed by atoms with van der Waals surface area (Å²) in [6.07, 6.45) is 5.26. The summed E-state index contributed by atoms with van der Waals surface area (Å²) < 4.78 is 6.78. The molecule has 0 radical (unpaired) electrons. The summed E-state index contributed by atoms with van der Waals surface area (Å²) in [6, 6.07) is 6.04. The van der Waals surface area contributed by atoms with Gasteiger partial charge in [-0.05, 0) is 37.0 Å². The Morgan fingerprint density at radius 2 is 2.16 bits per heavy atom. The van der Waals surface area contributed by atoms with Gasteiger partial charge in [-0.15, -0.1) is 0 Å². The molecule has 0 bridgehead atoms. The lowest BCUT2D eigenvalue weighted by Crippen LogP contribution is -2.54. The molecule has 1 aliphatic carbocycles. The maximum Gasteiger partial charge on any atom is 0.0847 e. The van der Waals surface area contributed by atoms with Crippen molar-refractivity contribution < 1.29 is 4.74 Å². The number of hydrazine groups is 1. The second kappa shape index (κ2) is 6.55. The summed E-state index contributed by atoms with van der Waals surface area (Å²) in [5, 5.41) is 0.763. The molecule has 106 valence electrons. The van der Waals surface area contributed by atoms with E-state index in [0.717, 1.165) is 34.3 Å². The lowest BCUT2D eigenvalue weighted by Gasteiger charge is -2.36. The van der Waals surface area contributed by atoms with E-state index in [-0.39, 0.29) is 11.6 Å². The Labute approximate surface area is 127 Å². The molecule has 0 aliphatic heterocycles. The van der Waals surface area contributed by atoms with E-state index in [9.17, 15) is 0 Å². The molecule has 3 nitrogen and oxygen atoms in total. The zero-order valence-corrected chi connectivity index (χ0v) is 13.4. The Bertz CT molecular complexity index is 435. The zero-order chi connectivity index (χ0) is 13.9. The first-order valence-corrected chi connectivity index (χ1v) is 7.73. The normalized spacial score (nSPS) is 19.6. The summed E-state index contributed by atoms with van der Waals surface area (Å²) >= 11 is 9.71. The number of methoxy groups -OCH3 is 1. The Hall–Kier alpha value is -0.130. The number of benzene rings is 1. The van der Waals surface area contributed by atoms with Gasteiger partial charge < -0.3 is 4.74 Å². The van der Waals surface area contributed by atoms with Crippen LogP contribution in [0, 0.1) is 0 Å². The monoisotopic (exact) mass is 346 g/mol. The molecule has 0 aromatic heterocycles. The van der Waals surface area contributed by atoms with Gasteiger partial charge in [0, 0.05) is 16.6 Å². The minimum atomic E-state index is -0.162. The molecule has 1 fully saturated rings. The minimum Gasteiger partial charge on any atom is -0.377 e. The van der Waals surface area contributed by atoms with Crippen LogP contribution in [-0.2, 0) is 11.2 Å². The molecule has 2 rings (SSSR count). The van der Waals surface area contributed by atoms with Crippen molar-refractivity contribution in [2.45, 2.75) is 43.7 Å². The molecule has 1 aromatic carbocycles. The first-order valence-electron chi connectivity index (χ1n) is 6.56. The molecule has 1 aromatic rings. The van der Waals surface area contributed by atoms with Gasteiger partial charge in [-0.3, -0.25) is 11.3 Å². The van der Waals surface area contributed by atoms with Gasteiger partial charge in [-0.25, -0.2) is 0 Å². The molecular weight excluding hydrogens is 328 g/mol. The number of hydrogen-bond donors (Lipinski definition) is 2. The van der Waals surface area contributed by atoms with E-state index in [2.05, 4.69) is 21.4 Å². The van der Waals surface area contributed by atoms with Gasteiger partial charge in [0.15, 0.2) is 0 Å². The molecule has 5 heteroatoms. The summed E-state index contributed by atoms with van der Waals surface area (Å²) in [5.74, 6) is 5.76. The van der Waals surface area contributed by atoms with Crippen LogP contribution in [0.15, 0.2) is 22.7 Å². The molecular formula is C14H20BrClN2O. The molecule has 1 aliphatic rings. The number of halogens is 2. The molecule has 1 saturated carbocycles. The second-order valence-corrected chi connectivity index (χ2v) is 6.46. The van der Waals surface area contributed by atoms with Gasteiger partial charge in [-0.2, -0.15) is 0 Å². The van der Waals surface area contributed by atoms with Crippen LogP contribution in [0.3, 0.4) is 0 Å². The summed E-state index contributed by atoms with van der Waals surface area (Å²) in [4.78, 5) is 0. The van der Waals surface area contributed by atoms with Gasteiger partial charge in [0.25, 0.3) is 0 Å². The van der Waals surface area contributed by atoms with Gasteiger partial charge in [0.1, 0.15) is 0 Å². The Kier molecular flexibility index (Phi) is 5.26. The quantitative estimate of drug-likeness (QED) is 0.633. The van der Waals surface area contributed by atoms with E-state index in [1.165, 1.54) is 12.8 Å². The highest BCUT2D eigenvalue weighted by Crippen LogP contribution is 2.37. The van der Waals surface area contributed by atoms with Crippen LogP contribution in [0.5, 0.6) is 0 Å². The molecule has 0 amide bonds. The van der Waals surface area contributed by atoms with Gasteiger partial charge in [0.2, 0.25) is 0 Å². The molecule has 19 heavy (non-hydrogen) atoms. The maximum atomic E-state index is 6.29. The Morgan fingerprint density at radius 3 is 2.68 bits per heavy atom. The van der Waals surface area contributed by atoms with Crippen molar-refractivity contribution in [1.29, 1.82) is 0 Å². The van der Waals surface area contributed by atoms with Crippen molar-refractivity contribution in [1.82, 2.24) is 5.43 Å². The van der Waals surface area contributed by atoms with Crippen LogP contribution in [0.25, 0.3) is 0 Å². The minimum absolute atomic E-state index is 0.0821. The molecule has 3 N–H and O–H groups in total. The Balaban J connectivity index is 2.18.